The summed E-state index contributed by atoms with van der Waals surface area (Å²) in [5.41, 5.74) is 1.25. The summed E-state index contributed by atoms with van der Waals surface area (Å²) in [7, 11) is 0. The zero-order valence-electron chi connectivity index (χ0n) is 9.65. The highest BCUT2D eigenvalue weighted by molar-refractivity contribution is 6.32. The zero-order chi connectivity index (χ0) is 13.1. The summed E-state index contributed by atoms with van der Waals surface area (Å²) in [6, 6.07) is 6.47. The van der Waals surface area contributed by atoms with E-state index in [4.69, 9.17) is 21.4 Å². The Morgan fingerprint density at radius 3 is 2.89 bits per heavy atom. The highest BCUT2D eigenvalue weighted by atomic mass is 35.5. The first kappa shape index (κ1) is 12.8. The number of halogens is 2. The molecule has 0 aliphatic rings. The predicted octanol–water partition coefficient (Wildman–Crippen LogP) is 3.47. The van der Waals surface area contributed by atoms with Gasteiger partial charge in [-0.15, -0.1) is 0 Å². The van der Waals surface area contributed by atoms with Crippen molar-refractivity contribution in [2.45, 2.75) is 13.5 Å². The second kappa shape index (κ2) is 5.33. The van der Waals surface area contributed by atoms with Crippen LogP contribution < -0.4 is 4.74 Å². The van der Waals surface area contributed by atoms with E-state index in [9.17, 15) is 4.39 Å². The van der Waals surface area contributed by atoms with Gasteiger partial charge in [0, 0.05) is 5.56 Å². The number of aliphatic hydroxyl groups excluding tert-OH is 1. The second-order valence-corrected chi connectivity index (χ2v) is 4.22. The minimum absolute atomic E-state index is 0.145. The first-order valence-electron chi connectivity index (χ1n) is 5.29. The minimum atomic E-state index is -0.526. The van der Waals surface area contributed by atoms with E-state index in [0.717, 1.165) is 11.8 Å². The van der Waals surface area contributed by atoms with E-state index in [1.807, 2.05) is 13.0 Å². The van der Waals surface area contributed by atoms with Crippen molar-refractivity contribution in [1.82, 2.24) is 4.98 Å². The molecule has 18 heavy (non-hydrogen) atoms. The maximum atomic E-state index is 13.0. The molecule has 94 valence electrons. The molecule has 0 radical (unpaired) electrons. The number of benzene rings is 1. The molecule has 0 saturated carbocycles. The van der Waals surface area contributed by atoms with Crippen molar-refractivity contribution in [2.75, 3.05) is 0 Å². The van der Waals surface area contributed by atoms with Crippen LogP contribution in [-0.2, 0) is 6.61 Å². The Balaban J connectivity index is 2.36. The van der Waals surface area contributed by atoms with Gasteiger partial charge in [-0.05, 0) is 30.7 Å². The van der Waals surface area contributed by atoms with Crippen molar-refractivity contribution < 1.29 is 14.2 Å². The monoisotopic (exact) mass is 267 g/mol. The van der Waals surface area contributed by atoms with Gasteiger partial charge in [0.05, 0.1) is 17.8 Å². The van der Waals surface area contributed by atoms with Gasteiger partial charge < -0.3 is 9.84 Å². The molecule has 0 saturated heterocycles. The van der Waals surface area contributed by atoms with Crippen LogP contribution in [0.5, 0.6) is 11.6 Å². The molecule has 0 spiro atoms. The normalized spacial score (nSPS) is 10.4. The molecule has 2 rings (SSSR count). The van der Waals surface area contributed by atoms with E-state index in [0.29, 0.717) is 10.8 Å². The molecule has 0 aliphatic carbocycles. The first-order chi connectivity index (χ1) is 8.60. The van der Waals surface area contributed by atoms with Gasteiger partial charge in [0.2, 0.25) is 5.88 Å². The molecule has 1 heterocycles. The fraction of sp³-hybridized carbons (Fsp3) is 0.154. The molecule has 0 atom stereocenters. The number of nitrogens with zero attached hydrogens (tertiary/aromatic N) is 1. The standard InChI is InChI=1S/C13H11ClFNO2/c1-8-2-3-11(14)12(4-8)18-13-9(7-17)5-10(15)6-16-13/h2-6,17H,7H2,1H3. The number of ether oxygens (including phenoxy) is 1. The predicted molar refractivity (Wildman–Crippen MR) is 66.4 cm³/mol. The number of aryl methyl sites for hydroxylation is 1. The van der Waals surface area contributed by atoms with E-state index >= 15 is 0 Å². The van der Waals surface area contributed by atoms with Crippen molar-refractivity contribution in [3.63, 3.8) is 0 Å². The third-order valence-corrected chi connectivity index (χ3v) is 2.67. The Labute approximate surface area is 109 Å². The van der Waals surface area contributed by atoms with Crippen molar-refractivity contribution in [2.24, 2.45) is 0 Å². The number of aliphatic hydroxyl groups is 1. The lowest BCUT2D eigenvalue weighted by molar-refractivity contribution is 0.274. The smallest absolute Gasteiger partial charge is 0.225 e. The lowest BCUT2D eigenvalue weighted by Crippen LogP contribution is -1.96. The van der Waals surface area contributed by atoms with Crippen LogP contribution in [0.25, 0.3) is 0 Å². The van der Waals surface area contributed by atoms with Crippen LogP contribution in [0.4, 0.5) is 4.39 Å². The molecule has 0 fully saturated rings. The van der Waals surface area contributed by atoms with Crippen LogP contribution in [-0.4, -0.2) is 10.1 Å². The Hall–Kier alpha value is -1.65. The summed E-state index contributed by atoms with van der Waals surface area (Å²) in [5.74, 6) is 0.0404. The summed E-state index contributed by atoms with van der Waals surface area (Å²) in [6.45, 7) is 1.54. The first-order valence-corrected chi connectivity index (χ1v) is 5.67. The zero-order valence-corrected chi connectivity index (χ0v) is 10.4. The Kier molecular flexibility index (Phi) is 3.79. The van der Waals surface area contributed by atoms with Crippen LogP contribution >= 0.6 is 11.6 Å². The molecule has 1 aromatic carbocycles. The molecule has 2 aromatic rings. The molecular formula is C13H11ClFNO2. The van der Waals surface area contributed by atoms with E-state index in [1.54, 1.807) is 12.1 Å². The number of aromatic nitrogens is 1. The molecular weight excluding hydrogens is 257 g/mol. The number of rotatable bonds is 3. The summed E-state index contributed by atoms with van der Waals surface area (Å²) in [4.78, 5) is 3.80. The average Bonchev–Trinajstić information content (AvgIpc) is 2.36. The Morgan fingerprint density at radius 1 is 1.39 bits per heavy atom. The van der Waals surface area contributed by atoms with Crippen LogP contribution in [0.15, 0.2) is 30.5 Å². The number of hydrogen-bond acceptors (Lipinski definition) is 3. The third kappa shape index (κ3) is 2.78. The van der Waals surface area contributed by atoms with Crippen molar-refractivity contribution in [1.29, 1.82) is 0 Å². The molecule has 0 aliphatic heterocycles. The summed E-state index contributed by atoms with van der Waals surface area (Å²) < 4.78 is 18.5. The van der Waals surface area contributed by atoms with Gasteiger partial charge in [-0.25, -0.2) is 9.37 Å². The van der Waals surface area contributed by atoms with Gasteiger partial charge in [0.25, 0.3) is 0 Å². The number of hydrogen-bond donors (Lipinski definition) is 1. The van der Waals surface area contributed by atoms with E-state index in [1.165, 1.54) is 6.07 Å². The van der Waals surface area contributed by atoms with Crippen LogP contribution in [0.2, 0.25) is 5.02 Å². The second-order valence-electron chi connectivity index (χ2n) is 3.81. The van der Waals surface area contributed by atoms with Gasteiger partial charge in [-0.1, -0.05) is 17.7 Å². The van der Waals surface area contributed by atoms with Crippen LogP contribution in [0, 0.1) is 12.7 Å². The fourth-order valence-electron chi connectivity index (χ4n) is 1.47. The van der Waals surface area contributed by atoms with Gasteiger partial charge in [0.15, 0.2) is 0 Å². The van der Waals surface area contributed by atoms with Crippen LogP contribution in [0.1, 0.15) is 11.1 Å². The van der Waals surface area contributed by atoms with Crippen molar-refractivity contribution >= 4 is 11.6 Å². The Morgan fingerprint density at radius 2 is 2.17 bits per heavy atom. The maximum absolute atomic E-state index is 13.0. The molecule has 0 amide bonds. The van der Waals surface area contributed by atoms with Gasteiger partial charge in [-0.2, -0.15) is 0 Å². The van der Waals surface area contributed by atoms with Gasteiger partial charge >= 0.3 is 0 Å². The van der Waals surface area contributed by atoms with Crippen molar-refractivity contribution in [3.8, 4) is 11.6 Å². The van der Waals surface area contributed by atoms with Gasteiger partial charge in [0.1, 0.15) is 11.6 Å². The lowest BCUT2D eigenvalue weighted by atomic mass is 10.2. The largest absolute Gasteiger partial charge is 0.437 e. The highest BCUT2D eigenvalue weighted by Gasteiger charge is 2.10. The molecule has 0 unspecified atom stereocenters. The average molecular weight is 268 g/mol. The minimum Gasteiger partial charge on any atom is -0.437 e. The Bertz CT molecular complexity index is 575. The van der Waals surface area contributed by atoms with Crippen molar-refractivity contribution in [3.05, 3.63) is 52.4 Å². The molecule has 1 aromatic heterocycles. The lowest BCUT2D eigenvalue weighted by Gasteiger charge is -2.10. The summed E-state index contributed by atoms with van der Waals surface area (Å²) in [6.07, 6.45) is 1.03. The number of pyridine rings is 1. The maximum Gasteiger partial charge on any atom is 0.225 e. The third-order valence-electron chi connectivity index (χ3n) is 2.36. The summed E-state index contributed by atoms with van der Waals surface area (Å²) in [5, 5.41) is 9.55. The van der Waals surface area contributed by atoms with E-state index in [2.05, 4.69) is 4.98 Å². The fourth-order valence-corrected chi connectivity index (χ4v) is 1.62. The molecule has 1 N–H and O–H groups in total. The molecule has 3 nitrogen and oxygen atoms in total. The highest BCUT2D eigenvalue weighted by Crippen LogP contribution is 2.30. The quantitative estimate of drug-likeness (QED) is 0.926. The molecule has 5 heteroatoms. The van der Waals surface area contributed by atoms with E-state index < -0.39 is 5.82 Å². The molecule has 0 bridgehead atoms. The van der Waals surface area contributed by atoms with E-state index in [-0.39, 0.29) is 18.1 Å². The summed E-state index contributed by atoms with van der Waals surface area (Å²) >= 11 is 5.98. The van der Waals surface area contributed by atoms with Crippen LogP contribution in [0.3, 0.4) is 0 Å². The van der Waals surface area contributed by atoms with Gasteiger partial charge in [-0.3, -0.25) is 0 Å². The topological polar surface area (TPSA) is 42.4 Å². The SMILES string of the molecule is Cc1ccc(Cl)c(Oc2ncc(F)cc2CO)c1.